The van der Waals surface area contributed by atoms with Gasteiger partial charge >= 0.3 is 0 Å². The summed E-state index contributed by atoms with van der Waals surface area (Å²) in [7, 11) is 0. The average Bonchev–Trinajstić information content (AvgIpc) is 3.05. The molecule has 0 spiro atoms. The molecule has 1 aromatic carbocycles. The molecule has 3 unspecified atom stereocenters. The van der Waals surface area contributed by atoms with Gasteiger partial charge in [0.15, 0.2) is 0 Å². The molecule has 2 N–H and O–H groups in total. The number of hydrogen-bond acceptors (Lipinski definition) is 3. The number of nitrogens with two attached hydrogens (primary N) is 1. The van der Waals surface area contributed by atoms with Gasteiger partial charge in [0.05, 0.1) is 18.1 Å². The van der Waals surface area contributed by atoms with Crippen molar-refractivity contribution in [3.63, 3.8) is 0 Å². The van der Waals surface area contributed by atoms with Gasteiger partial charge in [0.25, 0.3) is 0 Å². The Morgan fingerprint density at radius 1 is 1.41 bits per heavy atom. The Balaban J connectivity index is 1.46. The first-order chi connectivity index (χ1) is 10.5. The molecule has 2 fully saturated rings. The van der Waals surface area contributed by atoms with Gasteiger partial charge in [-0.1, -0.05) is 11.6 Å². The normalized spacial score (nSPS) is 27.0. The lowest BCUT2D eigenvalue weighted by Gasteiger charge is -2.19. The summed E-state index contributed by atoms with van der Waals surface area (Å²) in [5.74, 6) is 0.957. The Labute approximate surface area is 134 Å². The second-order valence-corrected chi connectivity index (χ2v) is 6.55. The molecule has 3 rings (SSSR count). The van der Waals surface area contributed by atoms with Crippen molar-refractivity contribution in [3.05, 3.63) is 29.0 Å². The molecular weight excluding hydrogens is 307 g/mol. The van der Waals surface area contributed by atoms with E-state index in [4.69, 9.17) is 22.1 Å². The van der Waals surface area contributed by atoms with Crippen LogP contribution in [0.2, 0.25) is 5.02 Å². The van der Waals surface area contributed by atoms with Crippen molar-refractivity contribution >= 4 is 17.5 Å². The van der Waals surface area contributed by atoms with Crippen LogP contribution < -0.4 is 10.5 Å². The fourth-order valence-corrected chi connectivity index (χ4v) is 3.61. The number of ether oxygens (including phenoxy) is 1. The number of fused-ring (bicyclic) bond motifs is 1. The second-order valence-electron chi connectivity index (χ2n) is 6.14. The monoisotopic (exact) mass is 326 g/mol. The van der Waals surface area contributed by atoms with Crippen molar-refractivity contribution in [1.82, 2.24) is 4.90 Å². The van der Waals surface area contributed by atoms with Crippen molar-refractivity contribution in [1.29, 1.82) is 0 Å². The fraction of sp³-hybridized carbons (Fsp3) is 0.562. The Kier molecular flexibility index (Phi) is 4.54. The lowest BCUT2D eigenvalue weighted by Crippen LogP contribution is -2.34. The topological polar surface area (TPSA) is 55.6 Å². The van der Waals surface area contributed by atoms with Crippen LogP contribution in [0.5, 0.6) is 5.75 Å². The standard InChI is InChI=1S/C16H20ClFN2O2/c17-13-3-2-11(7-14(13)18)22-6-5-16(21)20-8-10-1-4-15(19)12(10)9-20/h2-3,7,10,12,15H,1,4-6,8-9,19H2. The molecule has 1 saturated carbocycles. The molecule has 1 aliphatic carbocycles. The molecular formula is C16H20ClFN2O2. The molecule has 1 aliphatic heterocycles. The van der Waals surface area contributed by atoms with Crippen LogP contribution in [0.25, 0.3) is 0 Å². The average molecular weight is 327 g/mol. The molecule has 0 radical (unpaired) electrons. The molecule has 6 heteroatoms. The molecule has 1 amide bonds. The molecule has 0 bridgehead atoms. The quantitative estimate of drug-likeness (QED) is 0.924. The van der Waals surface area contributed by atoms with Gasteiger partial charge in [-0.25, -0.2) is 4.39 Å². The molecule has 22 heavy (non-hydrogen) atoms. The number of halogens is 2. The van der Waals surface area contributed by atoms with E-state index in [9.17, 15) is 9.18 Å². The van der Waals surface area contributed by atoms with Crippen molar-refractivity contribution < 1.29 is 13.9 Å². The summed E-state index contributed by atoms with van der Waals surface area (Å²) in [5, 5.41) is 0.0587. The predicted octanol–water partition coefficient (Wildman–Crippen LogP) is 2.44. The van der Waals surface area contributed by atoms with Gasteiger partial charge in [0.2, 0.25) is 5.91 Å². The third kappa shape index (κ3) is 3.20. The highest BCUT2D eigenvalue weighted by Crippen LogP contribution is 2.37. The van der Waals surface area contributed by atoms with Crippen molar-refractivity contribution in [2.45, 2.75) is 25.3 Å². The first-order valence-corrected chi connectivity index (χ1v) is 8.03. The van der Waals surface area contributed by atoms with E-state index in [0.29, 0.717) is 24.0 Å². The zero-order chi connectivity index (χ0) is 15.7. The van der Waals surface area contributed by atoms with Crippen molar-refractivity contribution in [2.24, 2.45) is 17.6 Å². The van der Waals surface area contributed by atoms with Crippen LogP contribution in [0.3, 0.4) is 0 Å². The largest absolute Gasteiger partial charge is 0.493 e. The second kappa shape index (κ2) is 6.42. The predicted molar refractivity (Wildman–Crippen MR) is 82.3 cm³/mol. The molecule has 1 aromatic rings. The van der Waals surface area contributed by atoms with Crippen LogP contribution in [0.15, 0.2) is 18.2 Å². The van der Waals surface area contributed by atoms with Crippen LogP contribution in [0, 0.1) is 17.7 Å². The molecule has 2 aliphatic rings. The van der Waals surface area contributed by atoms with E-state index in [1.807, 2.05) is 4.90 Å². The number of nitrogens with zero attached hydrogens (tertiary/aromatic N) is 1. The minimum Gasteiger partial charge on any atom is -0.493 e. The van der Waals surface area contributed by atoms with Gasteiger partial charge in [-0.2, -0.15) is 0 Å². The highest BCUT2D eigenvalue weighted by atomic mass is 35.5. The van der Waals surface area contributed by atoms with E-state index in [-0.39, 0.29) is 23.6 Å². The van der Waals surface area contributed by atoms with Gasteiger partial charge in [0.1, 0.15) is 11.6 Å². The minimum atomic E-state index is -0.521. The van der Waals surface area contributed by atoms with Crippen LogP contribution in [0.4, 0.5) is 4.39 Å². The molecule has 1 saturated heterocycles. The number of rotatable bonds is 4. The molecule has 0 aromatic heterocycles. The summed E-state index contributed by atoms with van der Waals surface area (Å²) in [4.78, 5) is 14.1. The smallest absolute Gasteiger partial charge is 0.226 e. The minimum absolute atomic E-state index is 0.0587. The third-order valence-electron chi connectivity index (χ3n) is 4.74. The summed E-state index contributed by atoms with van der Waals surface area (Å²) >= 11 is 5.61. The van der Waals surface area contributed by atoms with Crippen LogP contribution in [-0.4, -0.2) is 36.5 Å². The highest BCUT2D eigenvalue weighted by molar-refractivity contribution is 6.30. The zero-order valence-electron chi connectivity index (χ0n) is 12.3. The summed E-state index contributed by atoms with van der Waals surface area (Å²) in [6, 6.07) is 4.49. The molecule has 3 atom stereocenters. The van der Waals surface area contributed by atoms with Gasteiger partial charge in [0, 0.05) is 25.2 Å². The number of hydrogen-bond donors (Lipinski definition) is 1. The highest BCUT2D eigenvalue weighted by Gasteiger charge is 2.42. The SMILES string of the molecule is NC1CCC2CN(C(=O)CCOc3ccc(Cl)c(F)c3)CC12. The zero-order valence-corrected chi connectivity index (χ0v) is 13.1. The number of likely N-dealkylation sites (tertiary alicyclic amines) is 1. The van der Waals surface area contributed by atoms with Gasteiger partial charge in [-0.3, -0.25) is 4.79 Å². The third-order valence-corrected chi connectivity index (χ3v) is 5.05. The van der Waals surface area contributed by atoms with Gasteiger partial charge in [-0.15, -0.1) is 0 Å². The van der Waals surface area contributed by atoms with Crippen LogP contribution >= 0.6 is 11.6 Å². The Hall–Kier alpha value is -1.33. The Bertz CT molecular complexity index is 569. The van der Waals surface area contributed by atoms with Crippen LogP contribution in [0.1, 0.15) is 19.3 Å². The van der Waals surface area contributed by atoms with E-state index in [1.165, 1.54) is 12.1 Å². The summed E-state index contributed by atoms with van der Waals surface area (Å²) < 4.78 is 18.7. The maximum absolute atomic E-state index is 13.3. The van der Waals surface area contributed by atoms with E-state index < -0.39 is 5.82 Å². The van der Waals surface area contributed by atoms with E-state index in [1.54, 1.807) is 6.07 Å². The molecule has 1 heterocycles. The molecule has 4 nitrogen and oxygen atoms in total. The van der Waals surface area contributed by atoms with Crippen molar-refractivity contribution in [2.75, 3.05) is 19.7 Å². The summed E-state index contributed by atoms with van der Waals surface area (Å²) in [6.45, 7) is 1.81. The van der Waals surface area contributed by atoms with Gasteiger partial charge < -0.3 is 15.4 Å². The number of carbonyl (C=O) groups excluding carboxylic acids is 1. The van der Waals surface area contributed by atoms with E-state index in [0.717, 1.165) is 25.9 Å². The fourth-order valence-electron chi connectivity index (χ4n) is 3.49. The summed E-state index contributed by atoms with van der Waals surface area (Å²) in [5.41, 5.74) is 6.08. The first kappa shape index (κ1) is 15.6. The van der Waals surface area contributed by atoms with Crippen LogP contribution in [-0.2, 0) is 4.79 Å². The Morgan fingerprint density at radius 3 is 2.95 bits per heavy atom. The lowest BCUT2D eigenvalue weighted by molar-refractivity contribution is -0.131. The maximum Gasteiger partial charge on any atom is 0.226 e. The lowest BCUT2D eigenvalue weighted by atomic mass is 9.98. The van der Waals surface area contributed by atoms with Gasteiger partial charge in [-0.05, 0) is 36.8 Å². The first-order valence-electron chi connectivity index (χ1n) is 7.66. The maximum atomic E-state index is 13.3. The molecule has 120 valence electrons. The van der Waals surface area contributed by atoms with E-state index >= 15 is 0 Å². The number of benzene rings is 1. The number of amides is 1. The van der Waals surface area contributed by atoms with E-state index in [2.05, 4.69) is 0 Å². The van der Waals surface area contributed by atoms with Crippen molar-refractivity contribution in [3.8, 4) is 5.75 Å². The number of carbonyl (C=O) groups is 1. The Morgan fingerprint density at radius 2 is 2.23 bits per heavy atom. The summed E-state index contributed by atoms with van der Waals surface area (Å²) in [6.07, 6.45) is 2.48.